The van der Waals surface area contributed by atoms with Crippen molar-refractivity contribution in [1.82, 2.24) is 4.31 Å². The van der Waals surface area contributed by atoms with Crippen molar-refractivity contribution in [3.05, 3.63) is 16.3 Å². The number of nitrogens with zero attached hydrogens (tertiary/aromatic N) is 1. The number of aliphatic hydroxyl groups excluding tert-OH is 1. The topological polar surface area (TPSA) is 66.8 Å². The maximum absolute atomic E-state index is 12.4. The van der Waals surface area contributed by atoms with Gasteiger partial charge in [-0.15, -0.1) is 11.3 Å². The van der Waals surface area contributed by atoms with Crippen LogP contribution < -0.4 is 0 Å². The molecule has 2 unspecified atom stereocenters. The molecule has 0 aliphatic carbocycles. The van der Waals surface area contributed by atoms with Crippen LogP contribution in [0.15, 0.2) is 16.3 Å². The second kappa shape index (κ2) is 5.26. The molecule has 0 amide bonds. The summed E-state index contributed by atoms with van der Waals surface area (Å²) >= 11 is 1.25. The molecule has 0 bridgehead atoms. The van der Waals surface area contributed by atoms with Gasteiger partial charge >= 0.3 is 0 Å². The van der Waals surface area contributed by atoms with Gasteiger partial charge in [0, 0.05) is 23.3 Å². The molecule has 1 aromatic rings. The molecule has 0 radical (unpaired) electrons. The van der Waals surface area contributed by atoms with E-state index in [1.807, 2.05) is 13.8 Å². The summed E-state index contributed by atoms with van der Waals surface area (Å²) in [6.45, 7) is 4.35. The quantitative estimate of drug-likeness (QED) is 0.903. The lowest BCUT2D eigenvalue weighted by Gasteiger charge is -2.34. The second-order valence-corrected chi connectivity index (χ2v) is 7.42. The molecule has 2 atom stereocenters. The number of rotatable bonds is 3. The summed E-state index contributed by atoms with van der Waals surface area (Å²) in [5.74, 6) is 0. The van der Waals surface area contributed by atoms with Gasteiger partial charge in [-0.2, -0.15) is 4.31 Å². The van der Waals surface area contributed by atoms with Crippen LogP contribution in [0.3, 0.4) is 0 Å². The molecule has 5 nitrogen and oxygen atoms in total. The SMILES string of the molecule is CC1CN(S(=O)(=O)c2csc(CO)c2)CC(C)O1. The Labute approximate surface area is 111 Å². The van der Waals surface area contributed by atoms with Crippen LogP contribution in [0.1, 0.15) is 18.7 Å². The molecule has 2 rings (SSSR count). The Balaban J connectivity index is 2.25. The minimum absolute atomic E-state index is 0.0977. The van der Waals surface area contributed by atoms with Crippen LogP contribution in [0.5, 0.6) is 0 Å². The predicted molar refractivity (Wildman–Crippen MR) is 69.0 cm³/mol. The van der Waals surface area contributed by atoms with Crippen molar-refractivity contribution in [3.8, 4) is 0 Å². The molecule has 1 aromatic heterocycles. The van der Waals surface area contributed by atoms with Crippen molar-refractivity contribution >= 4 is 21.4 Å². The summed E-state index contributed by atoms with van der Waals surface area (Å²) in [6, 6.07) is 1.53. The largest absolute Gasteiger partial charge is 0.391 e. The molecule has 2 heterocycles. The van der Waals surface area contributed by atoms with Gasteiger partial charge in [-0.1, -0.05) is 0 Å². The van der Waals surface area contributed by atoms with Gasteiger partial charge in [-0.3, -0.25) is 0 Å². The van der Waals surface area contributed by atoms with Crippen molar-refractivity contribution in [3.63, 3.8) is 0 Å². The Morgan fingerprint density at radius 3 is 2.56 bits per heavy atom. The van der Waals surface area contributed by atoms with Crippen LogP contribution >= 0.6 is 11.3 Å². The normalized spacial score (nSPS) is 26.4. The smallest absolute Gasteiger partial charge is 0.244 e. The lowest BCUT2D eigenvalue weighted by molar-refractivity contribution is -0.0440. The van der Waals surface area contributed by atoms with E-state index in [0.717, 1.165) is 0 Å². The Hall–Kier alpha value is -0.470. The van der Waals surface area contributed by atoms with Gasteiger partial charge in [0.05, 0.1) is 23.7 Å². The Bertz CT molecular complexity index is 501. The Morgan fingerprint density at radius 1 is 1.44 bits per heavy atom. The fraction of sp³-hybridized carbons (Fsp3) is 0.636. The zero-order valence-electron chi connectivity index (χ0n) is 10.4. The predicted octanol–water partition coefficient (Wildman–Crippen LogP) is 1.04. The van der Waals surface area contributed by atoms with E-state index in [2.05, 4.69) is 0 Å². The Morgan fingerprint density at radius 2 is 2.06 bits per heavy atom. The first-order chi connectivity index (χ1) is 8.43. The highest BCUT2D eigenvalue weighted by molar-refractivity contribution is 7.89. The number of sulfonamides is 1. The van der Waals surface area contributed by atoms with E-state index >= 15 is 0 Å². The molecular weight excluding hydrogens is 274 g/mol. The minimum atomic E-state index is -3.46. The third kappa shape index (κ3) is 2.75. The van der Waals surface area contributed by atoms with Crippen molar-refractivity contribution in [1.29, 1.82) is 0 Å². The van der Waals surface area contributed by atoms with Gasteiger partial charge in [0.1, 0.15) is 0 Å². The number of ether oxygens (including phenoxy) is 1. The summed E-state index contributed by atoms with van der Waals surface area (Å²) in [6.07, 6.45) is -0.195. The molecule has 1 aliphatic rings. The van der Waals surface area contributed by atoms with Gasteiger partial charge in [0.25, 0.3) is 0 Å². The molecule has 0 aromatic carbocycles. The molecule has 0 saturated carbocycles. The molecule has 102 valence electrons. The zero-order chi connectivity index (χ0) is 13.3. The summed E-state index contributed by atoms with van der Waals surface area (Å²) in [5, 5.41) is 10.6. The maximum atomic E-state index is 12.4. The molecule has 18 heavy (non-hydrogen) atoms. The van der Waals surface area contributed by atoms with E-state index in [-0.39, 0.29) is 23.7 Å². The summed E-state index contributed by atoms with van der Waals surface area (Å²) < 4.78 is 31.8. The standard InChI is InChI=1S/C11H17NO4S2/c1-8-4-12(5-9(2)16-8)18(14,15)11-3-10(6-13)17-7-11/h3,7-9,13H,4-6H2,1-2H3. The molecule has 1 saturated heterocycles. The average molecular weight is 291 g/mol. The van der Waals surface area contributed by atoms with E-state index in [0.29, 0.717) is 18.0 Å². The van der Waals surface area contributed by atoms with Crippen molar-refractivity contribution < 1.29 is 18.3 Å². The maximum Gasteiger partial charge on any atom is 0.244 e. The molecule has 1 fully saturated rings. The minimum Gasteiger partial charge on any atom is -0.391 e. The second-order valence-electron chi connectivity index (χ2n) is 4.49. The molecule has 1 N–H and O–H groups in total. The van der Waals surface area contributed by atoms with Gasteiger partial charge in [-0.25, -0.2) is 8.42 Å². The van der Waals surface area contributed by atoms with Crippen LogP contribution in [0.4, 0.5) is 0 Å². The van der Waals surface area contributed by atoms with Crippen molar-refractivity contribution in [2.45, 2.75) is 37.6 Å². The summed E-state index contributed by atoms with van der Waals surface area (Å²) in [4.78, 5) is 0.917. The zero-order valence-corrected chi connectivity index (χ0v) is 12.0. The monoisotopic (exact) mass is 291 g/mol. The van der Waals surface area contributed by atoms with E-state index in [1.54, 1.807) is 5.38 Å². The lowest BCUT2D eigenvalue weighted by atomic mass is 10.3. The molecule has 0 spiro atoms. The van der Waals surface area contributed by atoms with Gasteiger partial charge in [0.2, 0.25) is 10.0 Å². The number of morpholine rings is 1. The van der Waals surface area contributed by atoms with Crippen molar-refractivity contribution in [2.24, 2.45) is 0 Å². The highest BCUT2D eigenvalue weighted by atomic mass is 32.2. The molecule has 1 aliphatic heterocycles. The highest BCUT2D eigenvalue weighted by Gasteiger charge is 2.32. The molecular formula is C11H17NO4S2. The highest BCUT2D eigenvalue weighted by Crippen LogP contribution is 2.25. The third-order valence-electron chi connectivity index (χ3n) is 2.81. The van der Waals surface area contributed by atoms with Crippen LogP contribution in [0.25, 0.3) is 0 Å². The lowest BCUT2D eigenvalue weighted by Crippen LogP contribution is -2.47. The number of hydrogen-bond acceptors (Lipinski definition) is 5. The average Bonchev–Trinajstić information content (AvgIpc) is 2.76. The van der Waals surface area contributed by atoms with Gasteiger partial charge < -0.3 is 9.84 Å². The van der Waals surface area contributed by atoms with Gasteiger partial charge in [-0.05, 0) is 19.9 Å². The van der Waals surface area contributed by atoms with E-state index in [4.69, 9.17) is 9.84 Å². The Kier molecular flexibility index (Phi) is 4.08. The molecule has 7 heteroatoms. The van der Waals surface area contributed by atoms with Crippen molar-refractivity contribution in [2.75, 3.05) is 13.1 Å². The first-order valence-corrected chi connectivity index (χ1v) is 8.09. The first kappa shape index (κ1) is 14.0. The first-order valence-electron chi connectivity index (χ1n) is 5.77. The summed E-state index contributed by atoms with van der Waals surface area (Å²) in [7, 11) is -3.46. The van der Waals surface area contributed by atoms with E-state index < -0.39 is 10.0 Å². The summed E-state index contributed by atoms with van der Waals surface area (Å²) in [5.41, 5.74) is 0. The van der Waals surface area contributed by atoms with Crippen LogP contribution in [-0.2, 0) is 21.4 Å². The third-order valence-corrected chi connectivity index (χ3v) is 5.69. The van der Waals surface area contributed by atoms with Crippen LogP contribution in [-0.4, -0.2) is 43.1 Å². The van der Waals surface area contributed by atoms with E-state index in [1.165, 1.54) is 21.7 Å². The van der Waals surface area contributed by atoms with E-state index in [9.17, 15) is 8.42 Å². The van der Waals surface area contributed by atoms with Crippen LogP contribution in [0, 0.1) is 0 Å². The fourth-order valence-electron chi connectivity index (χ4n) is 2.05. The van der Waals surface area contributed by atoms with Crippen LogP contribution in [0.2, 0.25) is 0 Å². The number of hydrogen-bond donors (Lipinski definition) is 1. The fourth-order valence-corrected chi connectivity index (χ4v) is 4.77. The van der Waals surface area contributed by atoms with Gasteiger partial charge in [0.15, 0.2) is 0 Å². The number of thiophene rings is 1. The number of aliphatic hydroxyl groups is 1.